The lowest BCUT2D eigenvalue weighted by Gasteiger charge is -2.36. The Kier molecular flexibility index (Phi) is 6.09. The molecule has 4 nitrogen and oxygen atoms in total. The van der Waals surface area contributed by atoms with E-state index in [0.717, 1.165) is 19.3 Å². The van der Waals surface area contributed by atoms with Crippen LogP contribution in [0.25, 0.3) is 0 Å². The third kappa shape index (κ3) is 4.58. The van der Waals surface area contributed by atoms with Gasteiger partial charge in [0, 0.05) is 12.6 Å². The fraction of sp³-hybridized carbons (Fsp3) is 0.929. The molecule has 1 saturated carbocycles. The normalized spacial score (nSPS) is 30.1. The molecule has 0 aromatic heterocycles. The average Bonchev–Trinajstić information content (AvgIpc) is 2.35. The summed E-state index contributed by atoms with van der Waals surface area (Å²) in [6.07, 6.45) is 5.73. The highest BCUT2D eigenvalue weighted by molar-refractivity contribution is 5.70. The smallest absolute Gasteiger partial charge is 0.306 e. The number of rotatable bonds is 7. The summed E-state index contributed by atoms with van der Waals surface area (Å²) in [6.45, 7) is 4.91. The minimum atomic E-state index is -0.720. The number of hydrogen-bond acceptors (Lipinski definition) is 3. The summed E-state index contributed by atoms with van der Waals surface area (Å²) in [7, 11) is 0. The second kappa shape index (κ2) is 7.10. The molecule has 0 aromatic rings. The van der Waals surface area contributed by atoms with Gasteiger partial charge in [0.25, 0.3) is 0 Å². The number of aliphatic hydroxyl groups is 1. The van der Waals surface area contributed by atoms with Crippen LogP contribution in [-0.4, -0.2) is 34.4 Å². The minimum Gasteiger partial charge on any atom is -0.481 e. The van der Waals surface area contributed by atoms with Crippen molar-refractivity contribution in [2.24, 2.45) is 5.92 Å². The highest BCUT2D eigenvalue weighted by Gasteiger charge is 2.35. The molecule has 0 heterocycles. The van der Waals surface area contributed by atoms with Gasteiger partial charge in [-0.1, -0.05) is 20.3 Å². The van der Waals surface area contributed by atoms with Crippen LogP contribution in [0.5, 0.6) is 0 Å². The zero-order chi connectivity index (χ0) is 13.6. The van der Waals surface area contributed by atoms with Gasteiger partial charge in [0.2, 0.25) is 0 Å². The van der Waals surface area contributed by atoms with E-state index >= 15 is 0 Å². The monoisotopic (exact) mass is 257 g/mol. The molecular formula is C14H27NO3. The standard InChI is InChI=1S/C14H27NO3/c1-3-5-12(4-2)15-10-14(18)8-6-11(7-9-14)13(16)17/h11-12,15,18H,3-10H2,1-2H3,(H,16,17). The highest BCUT2D eigenvalue weighted by atomic mass is 16.4. The lowest BCUT2D eigenvalue weighted by Crippen LogP contribution is -2.47. The average molecular weight is 257 g/mol. The maximum Gasteiger partial charge on any atom is 0.306 e. The van der Waals surface area contributed by atoms with Crippen molar-refractivity contribution in [2.75, 3.05) is 6.54 Å². The largest absolute Gasteiger partial charge is 0.481 e. The number of carboxylic acid groups (broad SMARTS) is 1. The minimum absolute atomic E-state index is 0.261. The Morgan fingerprint density at radius 3 is 2.44 bits per heavy atom. The number of carbonyl (C=O) groups is 1. The number of nitrogens with one attached hydrogen (secondary N) is 1. The second-order valence-corrected chi connectivity index (χ2v) is 5.61. The molecule has 4 heteroatoms. The van der Waals surface area contributed by atoms with Gasteiger partial charge in [-0.15, -0.1) is 0 Å². The molecule has 0 bridgehead atoms. The molecule has 18 heavy (non-hydrogen) atoms. The van der Waals surface area contributed by atoms with Crippen molar-refractivity contribution in [1.29, 1.82) is 0 Å². The van der Waals surface area contributed by atoms with Crippen LogP contribution in [0.2, 0.25) is 0 Å². The van der Waals surface area contributed by atoms with E-state index < -0.39 is 11.6 Å². The topological polar surface area (TPSA) is 69.6 Å². The summed E-state index contributed by atoms with van der Waals surface area (Å²) in [6, 6.07) is 0.469. The third-order valence-corrected chi connectivity index (χ3v) is 4.12. The third-order valence-electron chi connectivity index (χ3n) is 4.12. The first-order valence-corrected chi connectivity index (χ1v) is 7.19. The molecule has 0 spiro atoms. The van der Waals surface area contributed by atoms with Crippen molar-refractivity contribution in [2.45, 2.75) is 70.4 Å². The van der Waals surface area contributed by atoms with Crippen LogP contribution in [0.15, 0.2) is 0 Å². The summed E-state index contributed by atoms with van der Waals surface area (Å²) in [5.41, 5.74) is -0.701. The Bertz CT molecular complexity index is 260. The van der Waals surface area contributed by atoms with E-state index in [-0.39, 0.29) is 5.92 Å². The maximum absolute atomic E-state index is 10.9. The molecule has 1 atom stereocenters. The molecule has 1 aliphatic carbocycles. The lowest BCUT2D eigenvalue weighted by molar-refractivity contribution is -0.144. The van der Waals surface area contributed by atoms with Crippen LogP contribution in [0.3, 0.4) is 0 Å². The summed E-state index contributed by atoms with van der Waals surface area (Å²) in [5.74, 6) is -0.981. The van der Waals surface area contributed by atoms with Crippen LogP contribution in [0.4, 0.5) is 0 Å². The summed E-state index contributed by atoms with van der Waals surface area (Å²) in [5, 5.41) is 22.8. The SMILES string of the molecule is CCCC(CC)NCC1(O)CCC(C(=O)O)CC1. The molecule has 1 rings (SSSR count). The second-order valence-electron chi connectivity index (χ2n) is 5.61. The predicted molar refractivity (Wildman–Crippen MR) is 71.5 cm³/mol. The van der Waals surface area contributed by atoms with Crippen LogP contribution in [-0.2, 0) is 4.79 Å². The zero-order valence-corrected chi connectivity index (χ0v) is 11.6. The molecule has 0 aromatic carbocycles. The van der Waals surface area contributed by atoms with Crippen LogP contribution >= 0.6 is 0 Å². The Labute approximate surface area is 110 Å². The van der Waals surface area contributed by atoms with Crippen LogP contribution in [0, 0.1) is 5.92 Å². The van der Waals surface area contributed by atoms with Gasteiger partial charge in [0.15, 0.2) is 0 Å². The Hall–Kier alpha value is -0.610. The fourth-order valence-electron chi connectivity index (χ4n) is 2.71. The zero-order valence-electron chi connectivity index (χ0n) is 11.6. The molecule has 1 unspecified atom stereocenters. The van der Waals surface area contributed by atoms with Gasteiger partial charge in [-0.25, -0.2) is 0 Å². The Morgan fingerprint density at radius 2 is 2.00 bits per heavy atom. The van der Waals surface area contributed by atoms with E-state index in [1.54, 1.807) is 0 Å². The first kappa shape index (κ1) is 15.4. The maximum atomic E-state index is 10.9. The molecule has 106 valence electrons. The van der Waals surface area contributed by atoms with Gasteiger partial charge in [-0.3, -0.25) is 4.79 Å². The van der Waals surface area contributed by atoms with Crippen molar-refractivity contribution in [1.82, 2.24) is 5.32 Å². The number of aliphatic carboxylic acids is 1. The lowest BCUT2D eigenvalue weighted by atomic mass is 9.78. The van der Waals surface area contributed by atoms with Crippen LogP contribution in [0.1, 0.15) is 58.8 Å². The predicted octanol–water partition coefficient (Wildman–Crippen LogP) is 2.16. The molecule has 1 aliphatic rings. The quantitative estimate of drug-likeness (QED) is 0.653. The van der Waals surface area contributed by atoms with Crippen molar-refractivity contribution in [3.05, 3.63) is 0 Å². The summed E-state index contributed by atoms with van der Waals surface area (Å²) < 4.78 is 0. The van der Waals surface area contributed by atoms with Gasteiger partial charge in [-0.2, -0.15) is 0 Å². The molecular weight excluding hydrogens is 230 g/mol. The van der Waals surface area contributed by atoms with Gasteiger partial charge in [-0.05, 0) is 38.5 Å². The van der Waals surface area contributed by atoms with E-state index in [1.807, 2.05) is 0 Å². The first-order chi connectivity index (χ1) is 8.50. The summed E-state index contributed by atoms with van der Waals surface area (Å²) >= 11 is 0. The Balaban J connectivity index is 2.35. The fourth-order valence-corrected chi connectivity index (χ4v) is 2.71. The van der Waals surface area contributed by atoms with Crippen molar-refractivity contribution < 1.29 is 15.0 Å². The molecule has 0 aliphatic heterocycles. The van der Waals surface area contributed by atoms with Gasteiger partial charge in [0.1, 0.15) is 0 Å². The van der Waals surface area contributed by atoms with E-state index in [1.165, 1.54) is 0 Å². The molecule has 1 fully saturated rings. The molecule has 0 amide bonds. The van der Waals surface area contributed by atoms with Crippen molar-refractivity contribution >= 4 is 5.97 Å². The number of carboxylic acids is 1. The van der Waals surface area contributed by atoms with Gasteiger partial charge >= 0.3 is 5.97 Å². The molecule has 3 N–H and O–H groups in total. The number of hydrogen-bond donors (Lipinski definition) is 3. The van der Waals surface area contributed by atoms with Crippen molar-refractivity contribution in [3.8, 4) is 0 Å². The molecule has 0 radical (unpaired) electrons. The van der Waals surface area contributed by atoms with Gasteiger partial charge < -0.3 is 15.5 Å². The van der Waals surface area contributed by atoms with Gasteiger partial charge in [0.05, 0.1) is 11.5 Å². The molecule has 0 saturated heterocycles. The Morgan fingerprint density at radius 1 is 1.39 bits per heavy atom. The first-order valence-electron chi connectivity index (χ1n) is 7.19. The summed E-state index contributed by atoms with van der Waals surface area (Å²) in [4.78, 5) is 10.9. The van der Waals surface area contributed by atoms with E-state index in [9.17, 15) is 9.90 Å². The van der Waals surface area contributed by atoms with Crippen LogP contribution < -0.4 is 5.32 Å². The van der Waals surface area contributed by atoms with E-state index in [2.05, 4.69) is 19.2 Å². The van der Waals surface area contributed by atoms with E-state index in [0.29, 0.717) is 38.3 Å². The van der Waals surface area contributed by atoms with E-state index in [4.69, 9.17) is 5.11 Å². The van der Waals surface area contributed by atoms with Crippen molar-refractivity contribution in [3.63, 3.8) is 0 Å². The highest BCUT2D eigenvalue weighted by Crippen LogP contribution is 2.32.